The van der Waals surface area contributed by atoms with E-state index in [-0.39, 0.29) is 24.4 Å². The molecule has 0 bridgehead atoms. The van der Waals surface area contributed by atoms with E-state index in [1.54, 1.807) is 44.2 Å². The Bertz CT molecular complexity index is 1180. The fourth-order valence-electron chi connectivity index (χ4n) is 4.37. The van der Waals surface area contributed by atoms with Crippen LogP contribution in [0.25, 0.3) is 11.4 Å². The van der Waals surface area contributed by atoms with Gasteiger partial charge in [-0.15, -0.1) is 10.2 Å². The second-order valence-electron chi connectivity index (χ2n) is 8.89. The maximum atomic E-state index is 13.4. The van der Waals surface area contributed by atoms with Crippen LogP contribution in [-0.4, -0.2) is 63.2 Å². The Kier molecular flexibility index (Phi) is 8.14. The molecule has 3 aromatic rings. The van der Waals surface area contributed by atoms with Gasteiger partial charge < -0.3 is 19.7 Å². The molecule has 1 heterocycles. The van der Waals surface area contributed by atoms with Gasteiger partial charge in [-0.3, -0.25) is 9.59 Å². The normalized spacial score (nSPS) is 14.3. The van der Waals surface area contributed by atoms with Gasteiger partial charge in [-0.2, -0.15) is 4.80 Å². The van der Waals surface area contributed by atoms with E-state index < -0.39 is 6.04 Å². The largest absolute Gasteiger partial charge is 0.493 e. The van der Waals surface area contributed by atoms with Crippen LogP contribution in [0.2, 0.25) is 0 Å². The molecule has 1 aromatic heterocycles. The lowest BCUT2D eigenvalue weighted by atomic mass is 10.1. The maximum absolute atomic E-state index is 13.4. The first-order valence-corrected chi connectivity index (χ1v) is 12.1. The van der Waals surface area contributed by atoms with Crippen LogP contribution in [-0.2, 0) is 22.7 Å². The van der Waals surface area contributed by atoms with Crippen molar-refractivity contribution in [1.82, 2.24) is 30.4 Å². The molecule has 0 saturated heterocycles. The van der Waals surface area contributed by atoms with Gasteiger partial charge in [0.1, 0.15) is 12.6 Å². The molecule has 10 nitrogen and oxygen atoms in total. The van der Waals surface area contributed by atoms with Crippen LogP contribution in [0.3, 0.4) is 0 Å². The van der Waals surface area contributed by atoms with Gasteiger partial charge in [0, 0.05) is 18.2 Å². The second-order valence-corrected chi connectivity index (χ2v) is 8.89. The van der Waals surface area contributed by atoms with E-state index in [9.17, 15) is 9.59 Å². The molecular weight excluding hydrogens is 460 g/mol. The van der Waals surface area contributed by atoms with E-state index in [2.05, 4.69) is 20.7 Å². The molecule has 1 atom stereocenters. The van der Waals surface area contributed by atoms with E-state index in [0.29, 0.717) is 29.4 Å². The predicted molar refractivity (Wildman–Crippen MR) is 133 cm³/mol. The van der Waals surface area contributed by atoms with Crippen LogP contribution in [0.15, 0.2) is 48.5 Å². The highest BCUT2D eigenvalue weighted by atomic mass is 16.5. The Balaban J connectivity index is 1.50. The molecule has 36 heavy (non-hydrogen) atoms. The van der Waals surface area contributed by atoms with E-state index in [1.807, 2.05) is 30.3 Å². The highest BCUT2D eigenvalue weighted by Gasteiger charge is 2.29. The molecule has 1 aliphatic rings. The first kappa shape index (κ1) is 25.2. The number of nitrogens with zero attached hydrogens (tertiary/aromatic N) is 5. The summed E-state index contributed by atoms with van der Waals surface area (Å²) in [5, 5.41) is 15.6. The minimum Gasteiger partial charge on any atom is -0.493 e. The molecule has 1 unspecified atom stereocenters. The summed E-state index contributed by atoms with van der Waals surface area (Å²) in [4.78, 5) is 29.2. The number of rotatable bonds is 10. The Labute approximate surface area is 210 Å². The summed E-state index contributed by atoms with van der Waals surface area (Å²) >= 11 is 0. The van der Waals surface area contributed by atoms with Crippen LogP contribution in [0.5, 0.6) is 11.5 Å². The molecular formula is C26H32N6O4. The summed E-state index contributed by atoms with van der Waals surface area (Å²) in [7, 11) is 3.11. The van der Waals surface area contributed by atoms with Gasteiger partial charge in [0.15, 0.2) is 11.5 Å². The van der Waals surface area contributed by atoms with Crippen molar-refractivity contribution in [1.29, 1.82) is 0 Å². The molecule has 1 aliphatic carbocycles. The number of amides is 2. The SMILES string of the molecule is COc1ccc(-c2nnn(CC(=O)N(Cc3ccccc3)C(C)C(=O)NC3CCCC3)n2)cc1OC. The molecule has 1 saturated carbocycles. The highest BCUT2D eigenvalue weighted by Crippen LogP contribution is 2.30. The molecule has 0 aliphatic heterocycles. The van der Waals surface area contributed by atoms with Crippen LogP contribution < -0.4 is 14.8 Å². The molecule has 0 spiro atoms. The quantitative estimate of drug-likeness (QED) is 0.463. The number of hydrogen-bond acceptors (Lipinski definition) is 7. The van der Waals surface area contributed by atoms with Crippen molar-refractivity contribution >= 4 is 11.8 Å². The lowest BCUT2D eigenvalue weighted by Gasteiger charge is -2.29. The van der Waals surface area contributed by atoms with E-state index in [4.69, 9.17) is 9.47 Å². The molecule has 0 radical (unpaired) electrons. The summed E-state index contributed by atoms with van der Waals surface area (Å²) in [6.07, 6.45) is 4.19. The first-order chi connectivity index (χ1) is 17.5. The number of ether oxygens (including phenoxy) is 2. The average Bonchev–Trinajstić information content (AvgIpc) is 3.59. The number of tetrazole rings is 1. The Morgan fingerprint density at radius 3 is 2.50 bits per heavy atom. The Hall–Kier alpha value is -3.95. The fourth-order valence-corrected chi connectivity index (χ4v) is 4.37. The number of aromatic nitrogens is 4. The zero-order valence-corrected chi connectivity index (χ0v) is 20.9. The molecule has 1 N–H and O–H groups in total. The maximum Gasteiger partial charge on any atom is 0.247 e. The predicted octanol–water partition coefficient (Wildman–Crippen LogP) is 2.83. The van der Waals surface area contributed by atoms with Crippen molar-refractivity contribution in [3.63, 3.8) is 0 Å². The number of nitrogens with one attached hydrogen (secondary N) is 1. The van der Waals surface area contributed by atoms with Crippen LogP contribution in [0, 0.1) is 0 Å². The van der Waals surface area contributed by atoms with E-state index in [0.717, 1.165) is 31.2 Å². The number of benzene rings is 2. The third-order valence-electron chi connectivity index (χ3n) is 6.44. The molecule has 190 valence electrons. The average molecular weight is 493 g/mol. The van der Waals surface area contributed by atoms with Gasteiger partial charge in [-0.25, -0.2) is 0 Å². The third-order valence-corrected chi connectivity index (χ3v) is 6.44. The summed E-state index contributed by atoms with van der Waals surface area (Å²) in [5.41, 5.74) is 1.61. The van der Waals surface area contributed by atoms with Crippen molar-refractivity contribution in [3.8, 4) is 22.9 Å². The summed E-state index contributed by atoms with van der Waals surface area (Å²) in [5.74, 6) is 1.06. The summed E-state index contributed by atoms with van der Waals surface area (Å²) in [6, 6.07) is 14.4. The van der Waals surface area contributed by atoms with Gasteiger partial charge in [0.25, 0.3) is 0 Å². The lowest BCUT2D eigenvalue weighted by Crippen LogP contribution is -2.50. The Morgan fingerprint density at radius 1 is 1.08 bits per heavy atom. The van der Waals surface area contributed by atoms with Gasteiger partial charge in [-0.05, 0) is 48.7 Å². The molecule has 2 amide bonds. The van der Waals surface area contributed by atoms with Gasteiger partial charge in [-0.1, -0.05) is 43.2 Å². The van der Waals surface area contributed by atoms with Crippen molar-refractivity contribution in [3.05, 3.63) is 54.1 Å². The fraction of sp³-hybridized carbons (Fsp3) is 0.423. The first-order valence-electron chi connectivity index (χ1n) is 12.1. The Morgan fingerprint density at radius 2 is 1.81 bits per heavy atom. The van der Waals surface area contributed by atoms with Crippen LogP contribution in [0.1, 0.15) is 38.2 Å². The van der Waals surface area contributed by atoms with Gasteiger partial charge in [0.2, 0.25) is 17.6 Å². The van der Waals surface area contributed by atoms with Crippen LogP contribution >= 0.6 is 0 Å². The zero-order chi connectivity index (χ0) is 25.5. The zero-order valence-electron chi connectivity index (χ0n) is 20.9. The topological polar surface area (TPSA) is 111 Å². The number of hydrogen-bond donors (Lipinski definition) is 1. The third kappa shape index (κ3) is 5.99. The molecule has 2 aromatic carbocycles. The second kappa shape index (κ2) is 11.7. The number of carbonyl (C=O) groups is 2. The lowest BCUT2D eigenvalue weighted by molar-refractivity contribution is -0.141. The van der Waals surface area contributed by atoms with Gasteiger partial charge >= 0.3 is 0 Å². The van der Waals surface area contributed by atoms with Crippen molar-refractivity contribution in [2.24, 2.45) is 0 Å². The molecule has 1 fully saturated rings. The minimum atomic E-state index is -0.646. The number of methoxy groups -OCH3 is 2. The highest BCUT2D eigenvalue weighted by molar-refractivity contribution is 5.87. The molecule has 10 heteroatoms. The monoisotopic (exact) mass is 492 g/mol. The van der Waals surface area contributed by atoms with Crippen molar-refractivity contribution < 1.29 is 19.1 Å². The van der Waals surface area contributed by atoms with Gasteiger partial charge in [0.05, 0.1) is 14.2 Å². The van der Waals surface area contributed by atoms with Crippen LogP contribution in [0.4, 0.5) is 0 Å². The summed E-state index contributed by atoms with van der Waals surface area (Å²) < 4.78 is 10.6. The van der Waals surface area contributed by atoms with Crippen molar-refractivity contribution in [2.75, 3.05) is 14.2 Å². The van der Waals surface area contributed by atoms with Crippen molar-refractivity contribution in [2.45, 2.75) is 57.8 Å². The van der Waals surface area contributed by atoms with E-state index in [1.165, 1.54) is 4.80 Å². The minimum absolute atomic E-state index is 0.145. The number of carbonyl (C=O) groups excluding carboxylic acids is 2. The smallest absolute Gasteiger partial charge is 0.247 e. The standard InChI is InChI=1S/C26H32N6O4/c1-18(26(34)27-21-11-7-8-12-21)31(16-19-9-5-4-6-10-19)24(33)17-32-29-25(28-30-32)20-13-14-22(35-2)23(15-20)36-3/h4-6,9-10,13-15,18,21H,7-8,11-12,16-17H2,1-3H3,(H,27,34). The summed E-state index contributed by atoms with van der Waals surface area (Å²) in [6.45, 7) is 1.92. The van der Waals surface area contributed by atoms with E-state index >= 15 is 0 Å². The molecule has 4 rings (SSSR count).